The van der Waals surface area contributed by atoms with Crippen molar-refractivity contribution in [1.82, 2.24) is 19.9 Å². The van der Waals surface area contributed by atoms with Gasteiger partial charge >= 0.3 is 0 Å². The molecule has 2 aromatic carbocycles. The number of hydrogen-bond donors (Lipinski definition) is 0. The van der Waals surface area contributed by atoms with Gasteiger partial charge in [-0.05, 0) is 72.6 Å². The molecule has 3 aliphatic rings. The van der Waals surface area contributed by atoms with Gasteiger partial charge in [0.15, 0.2) is 5.78 Å². The first-order valence-electron chi connectivity index (χ1n) is 14.8. The van der Waals surface area contributed by atoms with Gasteiger partial charge in [-0.2, -0.15) is 0 Å². The Morgan fingerprint density at radius 3 is 2.27 bits per heavy atom. The third-order valence-corrected chi connectivity index (χ3v) is 9.63. The number of benzene rings is 2. The number of ketones is 1. The number of imidazole rings is 1. The maximum absolute atomic E-state index is 14.3. The number of hydrogen-bond acceptors (Lipinski definition) is 4. The summed E-state index contributed by atoms with van der Waals surface area (Å²) in [6.07, 6.45) is 18.4. The molecule has 0 bridgehead atoms. The van der Waals surface area contributed by atoms with E-state index in [4.69, 9.17) is 4.98 Å². The average molecular weight is 719 g/mol. The molecule has 211 valence electrons. The van der Waals surface area contributed by atoms with Crippen LogP contribution in [0.2, 0.25) is 0 Å². The van der Waals surface area contributed by atoms with Crippen LogP contribution >= 0.6 is 0 Å². The second-order valence-corrected chi connectivity index (χ2v) is 11.8. The molecule has 1 radical (unpaired) electrons. The molecule has 3 heterocycles. The van der Waals surface area contributed by atoms with E-state index in [0.29, 0.717) is 11.6 Å². The fourth-order valence-corrected chi connectivity index (χ4v) is 7.85. The van der Waals surface area contributed by atoms with Crippen molar-refractivity contribution < 1.29 is 24.9 Å². The summed E-state index contributed by atoms with van der Waals surface area (Å²) < 4.78 is 0. The third kappa shape index (κ3) is 4.47. The first-order valence-corrected chi connectivity index (χ1v) is 14.8. The molecule has 8 rings (SSSR count). The van der Waals surface area contributed by atoms with Crippen molar-refractivity contribution in [3.05, 3.63) is 90.0 Å². The fourth-order valence-electron chi connectivity index (χ4n) is 7.85. The van der Waals surface area contributed by atoms with Gasteiger partial charge in [0.1, 0.15) is 0 Å². The summed E-state index contributed by atoms with van der Waals surface area (Å²) in [5, 5.41) is 3.56. The zero-order chi connectivity index (χ0) is 27.2. The Hall–Kier alpha value is -3.21. The van der Waals surface area contributed by atoms with Crippen LogP contribution in [0.5, 0.6) is 0 Å². The van der Waals surface area contributed by atoms with Gasteiger partial charge in [0, 0.05) is 32.5 Å². The second kappa shape index (κ2) is 11.2. The van der Waals surface area contributed by atoms with Gasteiger partial charge in [0.05, 0.1) is 16.5 Å². The van der Waals surface area contributed by atoms with E-state index in [0.717, 1.165) is 42.3 Å². The molecule has 0 N–H and O–H groups in total. The summed E-state index contributed by atoms with van der Waals surface area (Å²) >= 11 is 0. The summed E-state index contributed by atoms with van der Waals surface area (Å²) in [7, 11) is 0. The summed E-state index contributed by atoms with van der Waals surface area (Å²) in [6.45, 7) is 2.19. The molecular weight excluding hydrogens is 685 g/mol. The van der Waals surface area contributed by atoms with Crippen LogP contribution in [0.1, 0.15) is 80.9 Å². The van der Waals surface area contributed by atoms with Crippen LogP contribution in [-0.4, -0.2) is 20.7 Å². The maximum atomic E-state index is 14.3. The number of carbonyl (C=O) groups is 1. The first-order chi connectivity index (χ1) is 19.6. The second-order valence-electron chi connectivity index (χ2n) is 11.8. The van der Waals surface area contributed by atoms with E-state index in [1.807, 2.05) is 24.3 Å². The van der Waals surface area contributed by atoms with Crippen LogP contribution in [0.25, 0.3) is 33.2 Å². The molecule has 2 spiro atoms. The molecule has 0 aliphatic heterocycles. The van der Waals surface area contributed by atoms with Crippen molar-refractivity contribution in [3.8, 4) is 11.5 Å². The zero-order valence-corrected chi connectivity index (χ0v) is 25.8. The predicted octanol–water partition coefficient (Wildman–Crippen LogP) is 7.58. The average Bonchev–Trinajstić information content (AvgIpc) is 3.62. The molecule has 6 heteroatoms. The van der Waals surface area contributed by atoms with Crippen LogP contribution in [0.4, 0.5) is 0 Å². The molecule has 5 nitrogen and oxygen atoms in total. The molecule has 2 saturated carbocycles. The predicted molar refractivity (Wildman–Crippen MR) is 158 cm³/mol. The van der Waals surface area contributed by atoms with E-state index in [9.17, 15) is 4.79 Å². The normalized spacial score (nSPS) is 18.6. The summed E-state index contributed by atoms with van der Waals surface area (Å²) in [6, 6.07) is 17.6. The SMILES string of the molecule is Cc1cc2c3c(cnc2c2[c-]cccc12)C1(CCCCC1)C(=O)C31CCCCC1.[Ir].c1ccc(-c2ncc[n-]2)nc1. The van der Waals surface area contributed by atoms with Gasteiger partial charge in [-0.15, -0.1) is 35.0 Å². The summed E-state index contributed by atoms with van der Waals surface area (Å²) in [4.78, 5) is 31.4. The molecular formula is C35H34IrN4O-2. The number of pyridine rings is 2. The Labute approximate surface area is 255 Å². The Balaban J connectivity index is 0.000000212. The van der Waals surface area contributed by atoms with E-state index in [2.05, 4.69) is 52.3 Å². The smallest absolute Gasteiger partial charge is 0.153 e. The van der Waals surface area contributed by atoms with Crippen molar-refractivity contribution in [1.29, 1.82) is 0 Å². The molecule has 5 aromatic rings. The monoisotopic (exact) mass is 719 g/mol. The summed E-state index contributed by atoms with van der Waals surface area (Å²) in [5.74, 6) is 1.23. The zero-order valence-electron chi connectivity index (χ0n) is 23.5. The number of rotatable bonds is 1. The standard InChI is InChI=1S/C27H28NO.C8H6N3.Ir/c1-18-16-21-23-22(17-28-24(21)20-11-5-4-10-19(18)20)26(12-6-2-7-13-26)25(29)27(23)14-8-3-9-15-27;1-2-4-9-7(3-1)8-10-5-6-11-8;/h4-5,10,16-17H,2-3,6-9,12-15H2,1H3;1-6H;/q2*-1;. The molecule has 0 saturated heterocycles. The first kappa shape index (κ1) is 27.9. The van der Waals surface area contributed by atoms with Gasteiger partial charge in [0.25, 0.3) is 0 Å². The number of carbonyl (C=O) groups excluding carboxylic acids is 1. The van der Waals surface area contributed by atoms with Gasteiger partial charge in [0.2, 0.25) is 0 Å². The van der Waals surface area contributed by atoms with Crippen LogP contribution in [0.15, 0.2) is 67.3 Å². The van der Waals surface area contributed by atoms with Crippen molar-refractivity contribution in [2.45, 2.75) is 82.0 Å². The van der Waals surface area contributed by atoms with Gasteiger partial charge < -0.3 is 15.0 Å². The quantitative estimate of drug-likeness (QED) is 0.132. The maximum Gasteiger partial charge on any atom is 0.153 e. The minimum Gasteiger partial charge on any atom is -0.441 e. The van der Waals surface area contributed by atoms with E-state index < -0.39 is 0 Å². The third-order valence-electron chi connectivity index (χ3n) is 9.63. The Morgan fingerprint density at radius 2 is 1.59 bits per heavy atom. The molecule has 2 fully saturated rings. The van der Waals surface area contributed by atoms with Crippen LogP contribution in [-0.2, 0) is 35.7 Å². The topological polar surface area (TPSA) is 69.8 Å². The minimum absolute atomic E-state index is 0. The number of fused-ring (bicyclic) bond motifs is 7. The van der Waals surface area contributed by atoms with Gasteiger partial charge in [-0.1, -0.05) is 68.6 Å². The van der Waals surface area contributed by atoms with E-state index in [1.165, 1.54) is 66.0 Å². The fraction of sp³-hybridized carbons (Fsp3) is 0.371. The molecule has 41 heavy (non-hydrogen) atoms. The molecule has 0 unspecified atom stereocenters. The van der Waals surface area contributed by atoms with E-state index in [-0.39, 0.29) is 30.9 Å². The van der Waals surface area contributed by atoms with Crippen LogP contribution in [0, 0.1) is 13.0 Å². The number of Topliss-reactive ketones (excluding diaryl/α,β-unsaturated/α-hetero) is 1. The van der Waals surface area contributed by atoms with Crippen LogP contribution in [0.3, 0.4) is 0 Å². The van der Waals surface area contributed by atoms with Crippen molar-refractivity contribution >= 4 is 27.5 Å². The number of aryl methyl sites for hydroxylation is 1. The molecule has 3 aliphatic carbocycles. The molecule has 3 aromatic heterocycles. The number of aromatic nitrogens is 4. The molecule has 0 atom stereocenters. The Morgan fingerprint density at radius 1 is 0.829 bits per heavy atom. The van der Waals surface area contributed by atoms with Crippen molar-refractivity contribution in [2.75, 3.05) is 0 Å². The van der Waals surface area contributed by atoms with Gasteiger partial charge in [-0.25, -0.2) is 0 Å². The van der Waals surface area contributed by atoms with Gasteiger partial charge in [-0.3, -0.25) is 9.78 Å². The Kier molecular flexibility index (Phi) is 7.65. The largest absolute Gasteiger partial charge is 0.441 e. The van der Waals surface area contributed by atoms with Crippen molar-refractivity contribution in [2.24, 2.45) is 0 Å². The number of nitrogens with zero attached hydrogens (tertiary/aromatic N) is 4. The van der Waals surface area contributed by atoms with E-state index >= 15 is 0 Å². The summed E-state index contributed by atoms with van der Waals surface area (Å²) in [5.41, 5.74) is 5.22. The molecule has 0 amide bonds. The minimum atomic E-state index is -0.277. The van der Waals surface area contributed by atoms with Crippen molar-refractivity contribution in [3.63, 3.8) is 0 Å². The van der Waals surface area contributed by atoms with E-state index in [1.54, 1.807) is 18.6 Å². The Bertz CT molecular complexity index is 1680. The van der Waals surface area contributed by atoms with Crippen LogP contribution < -0.4 is 4.98 Å².